The Morgan fingerprint density at radius 1 is 1.12 bits per heavy atom. The Hall–Kier alpha value is 1.42. The van der Waals surface area contributed by atoms with E-state index in [0.29, 0.717) is 5.04 Å². The van der Waals surface area contributed by atoms with Crippen LogP contribution in [0.4, 0.5) is 0 Å². The van der Waals surface area contributed by atoms with E-state index < -0.39 is 0 Å². The van der Waals surface area contributed by atoms with Gasteiger partial charge in [0.25, 0.3) is 0 Å². The summed E-state index contributed by atoms with van der Waals surface area (Å²) >= 11 is 0. The van der Waals surface area contributed by atoms with E-state index in [4.69, 9.17) is 11.8 Å². The van der Waals surface area contributed by atoms with Crippen LogP contribution in [0.15, 0.2) is 0 Å². The molecular formula is C11H24CuLi2NSi. The van der Waals surface area contributed by atoms with Crippen LogP contribution < -0.4 is 37.7 Å². The second-order valence-electron chi connectivity index (χ2n) is 4.10. The molecule has 0 aromatic rings. The van der Waals surface area contributed by atoms with E-state index in [-0.39, 0.29) is 63.6 Å². The van der Waals surface area contributed by atoms with Crippen molar-refractivity contribution in [3.8, 4) is 0 Å². The fourth-order valence-electron chi connectivity index (χ4n) is 0. The van der Waals surface area contributed by atoms with Gasteiger partial charge in [0.2, 0.25) is 0 Å². The predicted molar refractivity (Wildman–Crippen MR) is 62.4 cm³/mol. The zero-order valence-electron chi connectivity index (χ0n) is 12.4. The van der Waals surface area contributed by atoms with Crippen molar-refractivity contribution in [1.82, 2.24) is 0 Å². The molecule has 0 spiro atoms. The third-order valence-corrected chi connectivity index (χ3v) is 4.85. The summed E-state index contributed by atoms with van der Waals surface area (Å²) in [7, 11) is -0.0502. The molecule has 0 aliphatic heterocycles. The minimum absolute atomic E-state index is 0. The van der Waals surface area contributed by atoms with Gasteiger partial charge in [-0.1, -0.05) is 47.2 Å². The minimum atomic E-state index is -0.0502. The van der Waals surface area contributed by atoms with Crippen LogP contribution in [0.5, 0.6) is 0 Å². The van der Waals surface area contributed by atoms with Crippen LogP contribution in [0.2, 0.25) is 18.1 Å². The Balaban J connectivity index is -0.0000000247. The van der Waals surface area contributed by atoms with Gasteiger partial charge in [-0.15, -0.1) is 0 Å². The van der Waals surface area contributed by atoms with Gasteiger partial charge in [0, 0.05) is 25.9 Å². The Labute approximate surface area is 140 Å². The second-order valence-corrected chi connectivity index (χ2v) is 7.60. The molecule has 90 valence electrons. The van der Waals surface area contributed by atoms with Gasteiger partial charge in [0.05, 0.1) is 0 Å². The maximum absolute atomic E-state index is 6.25. The van der Waals surface area contributed by atoms with Crippen molar-refractivity contribution in [2.24, 2.45) is 0 Å². The van der Waals surface area contributed by atoms with Gasteiger partial charge in [0.1, 0.15) is 0 Å². The maximum Gasteiger partial charge on any atom is 1.00 e. The fraction of sp³-hybridized carbons (Fsp3) is 0.818. The average Bonchev–Trinajstić information content (AvgIpc) is 2.07. The Morgan fingerprint density at radius 2 is 1.25 bits per heavy atom. The molecule has 5 heteroatoms. The molecule has 0 atom stereocenters. The molecular weight excluding hydrogens is 252 g/mol. The smallest absolute Gasteiger partial charge is 0.512 e. The Morgan fingerprint density at radius 3 is 1.25 bits per heavy atom. The van der Waals surface area contributed by atoms with Crippen molar-refractivity contribution in [3.05, 3.63) is 13.5 Å². The molecule has 0 unspecified atom stereocenters. The summed E-state index contributed by atoms with van der Waals surface area (Å²) in [6.07, 6.45) is 2.28. The first-order chi connectivity index (χ1) is 5.86. The predicted octanol–water partition coefficient (Wildman–Crippen LogP) is -1.74. The van der Waals surface area contributed by atoms with Gasteiger partial charge < -0.3 is 18.8 Å². The fourth-order valence-corrected chi connectivity index (χ4v) is 0. The number of hydrogen-bond donors (Lipinski definition) is 0. The molecule has 2 radical (unpaired) electrons. The van der Waals surface area contributed by atoms with Crippen molar-refractivity contribution < 1.29 is 54.8 Å². The summed E-state index contributed by atoms with van der Waals surface area (Å²) in [6.45, 7) is 22.1. The molecule has 0 rings (SSSR count). The van der Waals surface area contributed by atoms with Crippen LogP contribution in [0, 0.1) is 18.8 Å². The zero-order valence-corrected chi connectivity index (χ0v) is 14.3. The van der Waals surface area contributed by atoms with Crippen LogP contribution in [0.3, 0.4) is 0 Å². The minimum Gasteiger partial charge on any atom is -0.512 e. The first kappa shape index (κ1) is 36.0. The largest absolute Gasteiger partial charge is 1.00 e. The number of nitrogens with zero attached hydrogens (tertiary/aromatic N) is 1. The van der Waals surface area contributed by atoms with Crippen LogP contribution in [-0.2, 0) is 17.1 Å². The maximum atomic E-state index is 6.25. The summed E-state index contributed by atoms with van der Waals surface area (Å²) in [5.74, 6) is 0. The van der Waals surface area contributed by atoms with Crippen molar-refractivity contribution in [3.63, 3.8) is 0 Å². The van der Waals surface area contributed by atoms with Gasteiger partial charge in [-0.2, -0.15) is 6.42 Å². The van der Waals surface area contributed by atoms with Gasteiger partial charge in [-0.25, -0.2) is 0 Å². The summed E-state index contributed by atoms with van der Waals surface area (Å²) in [4.78, 5) is 0. The third kappa shape index (κ3) is 45.2. The van der Waals surface area contributed by atoms with Gasteiger partial charge in [-0.3, -0.25) is 0 Å². The molecule has 0 aliphatic rings. The standard InChI is InChI=1S/C6H15Si.C4H9.CN.Cu.2Li/c1-6(2,3)7(4)5;1-3-4-2;1-2;;;/h1-5H3;1,3-4H2,2H3;;;;/q;2*-1;;2*+1. The van der Waals surface area contributed by atoms with Gasteiger partial charge >= 0.3 is 37.7 Å². The van der Waals surface area contributed by atoms with Crippen molar-refractivity contribution in [2.75, 3.05) is 0 Å². The average molecular weight is 276 g/mol. The van der Waals surface area contributed by atoms with E-state index in [1.54, 1.807) is 0 Å². The summed E-state index contributed by atoms with van der Waals surface area (Å²) in [5.41, 5.74) is 0. The SMILES string of the molecule is C[Si](C)C(C)(C)C.[C-]#N.[CH2-]CCC.[Cu].[Li+].[Li+]. The molecule has 16 heavy (non-hydrogen) atoms. The van der Waals surface area contributed by atoms with Gasteiger partial charge in [0.15, 0.2) is 0 Å². The van der Waals surface area contributed by atoms with Crippen molar-refractivity contribution >= 4 is 8.80 Å². The molecule has 0 saturated heterocycles. The second kappa shape index (κ2) is 25.3. The van der Waals surface area contributed by atoms with E-state index in [0.717, 1.165) is 6.42 Å². The first-order valence-electron chi connectivity index (χ1n) is 4.68. The van der Waals surface area contributed by atoms with E-state index >= 15 is 0 Å². The zero-order chi connectivity index (χ0) is 11.5. The number of rotatable bonds is 1. The molecule has 0 aromatic heterocycles. The quantitative estimate of drug-likeness (QED) is 0.412. The number of hydrogen-bond acceptors (Lipinski definition) is 1. The van der Waals surface area contributed by atoms with E-state index in [1.807, 2.05) is 0 Å². The first-order valence-corrected chi connectivity index (χ1v) is 7.18. The summed E-state index contributed by atoms with van der Waals surface area (Å²) < 4.78 is 0. The van der Waals surface area contributed by atoms with Crippen LogP contribution in [0.25, 0.3) is 0 Å². The number of unbranched alkanes of at least 4 members (excludes halogenated alkanes) is 1. The van der Waals surface area contributed by atoms with E-state index in [2.05, 4.69) is 47.7 Å². The monoisotopic (exact) mass is 275 g/mol. The molecule has 0 fully saturated rings. The van der Waals surface area contributed by atoms with Crippen molar-refractivity contribution in [2.45, 2.75) is 58.7 Å². The molecule has 0 aliphatic carbocycles. The Bertz CT molecular complexity index is 112. The molecule has 0 aromatic carbocycles. The van der Waals surface area contributed by atoms with Crippen LogP contribution in [-0.4, -0.2) is 8.80 Å². The molecule has 0 saturated carbocycles. The Kier molecular flexibility index (Phi) is 57.0. The van der Waals surface area contributed by atoms with E-state index in [9.17, 15) is 0 Å². The van der Waals surface area contributed by atoms with E-state index in [1.165, 1.54) is 6.42 Å². The normalized spacial score (nSPS) is 7.62. The molecule has 0 bridgehead atoms. The summed E-state index contributed by atoms with van der Waals surface area (Å²) in [5, 5.41) is 6.85. The molecule has 1 nitrogen and oxygen atoms in total. The molecule has 0 heterocycles. The van der Waals surface area contributed by atoms with Crippen LogP contribution >= 0.6 is 0 Å². The topological polar surface area (TPSA) is 23.8 Å². The summed E-state index contributed by atoms with van der Waals surface area (Å²) in [6, 6.07) is 0. The molecule has 0 amide bonds. The molecule has 0 N–H and O–H groups in total. The van der Waals surface area contributed by atoms with Crippen molar-refractivity contribution in [1.29, 1.82) is 5.26 Å². The van der Waals surface area contributed by atoms with Gasteiger partial charge in [-0.05, 0) is 5.04 Å². The third-order valence-electron chi connectivity index (χ3n) is 1.85. The van der Waals surface area contributed by atoms with Crippen LogP contribution in [0.1, 0.15) is 40.5 Å².